The Morgan fingerprint density at radius 1 is 0.861 bits per heavy atom. The van der Waals surface area contributed by atoms with Gasteiger partial charge in [0.25, 0.3) is 0 Å². The van der Waals surface area contributed by atoms with Crippen molar-refractivity contribution in [3.8, 4) is 16.9 Å². The average Bonchev–Trinajstić information content (AvgIpc) is 2.84. The van der Waals surface area contributed by atoms with Crippen LogP contribution in [-0.2, 0) is 6.11 Å². The molecule has 8 heteroatoms. The molecule has 36 heavy (non-hydrogen) atoms. The number of hydrogen-bond acceptors (Lipinski definition) is 1. The molecule has 0 aromatic heterocycles. The van der Waals surface area contributed by atoms with Crippen LogP contribution in [0.5, 0.6) is 5.75 Å². The molecule has 1 aliphatic rings. The van der Waals surface area contributed by atoms with Crippen LogP contribution in [0, 0.1) is 29.2 Å². The fourth-order valence-electron chi connectivity index (χ4n) is 4.92. The second kappa shape index (κ2) is 10.8. The normalized spacial score (nSPS) is 18.3. The standard InChI is InChI=1S/C28H25ClF6O/c1-2-3-16-4-6-17(7-5-16)18-8-10-19(11-9-18)21-12-13-22(26(32)25(21)29)28(34,35)36-20-14-23(30)27(33)24(31)15-20/h8-17H,2-7H2,1H3. The van der Waals surface area contributed by atoms with Crippen LogP contribution in [0.2, 0.25) is 5.02 Å². The molecule has 1 saturated carbocycles. The maximum Gasteiger partial charge on any atom is 0.429 e. The number of rotatable bonds is 7. The molecule has 0 saturated heterocycles. The van der Waals surface area contributed by atoms with Gasteiger partial charge < -0.3 is 4.74 Å². The summed E-state index contributed by atoms with van der Waals surface area (Å²) in [6, 6.07) is 10.0. The summed E-state index contributed by atoms with van der Waals surface area (Å²) in [5, 5.41) is -0.542. The van der Waals surface area contributed by atoms with Gasteiger partial charge in [-0.3, -0.25) is 0 Å². The molecule has 0 radical (unpaired) electrons. The summed E-state index contributed by atoms with van der Waals surface area (Å²) < 4.78 is 88.4. The highest BCUT2D eigenvalue weighted by Gasteiger charge is 2.39. The molecule has 0 aliphatic heterocycles. The molecule has 0 N–H and O–H groups in total. The van der Waals surface area contributed by atoms with Crippen molar-refractivity contribution < 1.29 is 31.1 Å². The molecule has 0 atom stereocenters. The molecular formula is C28H25ClF6O. The predicted octanol–water partition coefficient (Wildman–Crippen LogP) is 9.77. The number of hydrogen-bond donors (Lipinski definition) is 0. The Kier molecular flexibility index (Phi) is 7.88. The maximum absolute atomic E-state index is 14.9. The van der Waals surface area contributed by atoms with Gasteiger partial charge in [-0.25, -0.2) is 17.6 Å². The Morgan fingerprint density at radius 3 is 2.06 bits per heavy atom. The third-order valence-electron chi connectivity index (χ3n) is 6.84. The number of alkyl halides is 2. The van der Waals surface area contributed by atoms with Crippen LogP contribution in [-0.4, -0.2) is 0 Å². The highest BCUT2D eigenvalue weighted by Crippen LogP contribution is 2.41. The summed E-state index contributed by atoms with van der Waals surface area (Å²) in [7, 11) is 0. The van der Waals surface area contributed by atoms with Crippen LogP contribution in [0.4, 0.5) is 26.3 Å². The lowest BCUT2D eigenvalue weighted by molar-refractivity contribution is -0.187. The van der Waals surface area contributed by atoms with Gasteiger partial charge in [0, 0.05) is 17.7 Å². The zero-order valence-electron chi connectivity index (χ0n) is 19.6. The first-order valence-electron chi connectivity index (χ1n) is 11.9. The van der Waals surface area contributed by atoms with Gasteiger partial charge in [0.1, 0.15) is 11.3 Å². The van der Waals surface area contributed by atoms with Crippen LogP contribution in [0.15, 0.2) is 48.5 Å². The summed E-state index contributed by atoms with van der Waals surface area (Å²) in [5.41, 5.74) is 0.731. The number of halogens is 7. The Balaban J connectivity index is 1.53. The monoisotopic (exact) mass is 526 g/mol. The third-order valence-corrected chi connectivity index (χ3v) is 7.21. The van der Waals surface area contributed by atoms with Crippen LogP contribution in [0.1, 0.15) is 62.5 Å². The van der Waals surface area contributed by atoms with E-state index in [1.165, 1.54) is 37.3 Å². The first-order chi connectivity index (χ1) is 17.1. The minimum Gasteiger partial charge on any atom is -0.429 e. The van der Waals surface area contributed by atoms with E-state index in [1.807, 2.05) is 12.1 Å². The van der Waals surface area contributed by atoms with E-state index < -0.39 is 45.7 Å². The van der Waals surface area contributed by atoms with Crippen molar-refractivity contribution in [1.82, 2.24) is 0 Å². The van der Waals surface area contributed by atoms with Crippen molar-refractivity contribution >= 4 is 11.6 Å². The zero-order chi connectivity index (χ0) is 26.0. The van der Waals surface area contributed by atoms with E-state index in [0.29, 0.717) is 11.5 Å². The van der Waals surface area contributed by atoms with Crippen LogP contribution < -0.4 is 4.74 Å². The van der Waals surface area contributed by atoms with E-state index in [0.717, 1.165) is 24.8 Å². The van der Waals surface area contributed by atoms with Crippen molar-refractivity contribution in [3.63, 3.8) is 0 Å². The molecule has 0 spiro atoms. The fraction of sp³-hybridized carbons (Fsp3) is 0.357. The Bertz CT molecular complexity index is 1200. The Labute approximate surface area is 211 Å². The van der Waals surface area contributed by atoms with Crippen molar-refractivity contribution in [3.05, 3.63) is 87.9 Å². The average molecular weight is 527 g/mol. The summed E-state index contributed by atoms with van der Waals surface area (Å²) >= 11 is 6.11. The highest BCUT2D eigenvalue weighted by atomic mass is 35.5. The molecule has 4 rings (SSSR count). The van der Waals surface area contributed by atoms with E-state index >= 15 is 0 Å². The van der Waals surface area contributed by atoms with Gasteiger partial charge in [-0.1, -0.05) is 61.7 Å². The highest BCUT2D eigenvalue weighted by molar-refractivity contribution is 6.33. The van der Waals surface area contributed by atoms with E-state index in [2.05, 4.69) is 11.7 Å². The maximum atomic E-state index is 14.9. The van der Waals surface area contributed by atoms with E-state index in [4.69, 9.17) is 11.6 Å². The van der Waals surface area contributed by atoms with Gasteiger partial charge in [0.2, 0.25) is 0 Å². The van der Waals surface area contributed by atoms with Crippen molar-refractivity contribution in [2.45, 2.75) is 57.5 Å². The largest absolute Gasteiger partial charge is 0.429 e. The molecule has 3 aromatic rings. The summed E-state index contributed by atoms with van der Waals surface area (Å²) in [6.45, 7) is 2.20. The first kappa shape index (κ1) is 26.4. The molecule has 0 heterocycles. The minimum absolute atomic E-state index is 0.214. The van der Waals surface area contributed by atoms with Crippen LogP contribution in [0.25, 0.3) is 11.1 Å². The van der Waals surface area contributed by atoms with Crippen molar-refractivity contribution in [2.24, 2.45) is 5.92 Å². The molecule has 0 bridgehead atoms. The molecule has 1 nitrogen and oxygen atoms in total. The lowest BCUT2D eigenvalue weighted by Gasteiger charge is -2.28. The van der Waals surface area contributed by atoms with Crippen molar-refractivity contribution in [1.29, 1.82) is 0 Å². The van der Waals surface area contributed by atoms with Crippen molar-refractivity contribution in [2.75, 3.05) is 0 Å². The van der Waals surface area contributed by atoms with Gasteiger partial charge in [-0.05, 0) is 54.7 Å². The quantitative estimate of drug-likeness (QED) is 0.220. The van der Waals surface area contributed by atoms with E-state index in [1.54, 1.807) is 12.1 Å². The van der Waals surface area contributed by atoms with Gasteiger partial charge in [0.05, 0.1) is 5.02 Å². The summed E-state index contributed by atoms with van der Waals surface area (Å²) in [5.74, 6) is -6.46. The second-order valence-electron chi connectivity index (χ2n) is 9.24. The topological polar surface area (TPSA) is 9.23 Å². The Morgan fingerprint density at radius 2 is 1.47 bits per heavy atom. The molecule has 1 aliphatic carbocycles. The summed E-state index contributed by atoms with van der Waals surface area (Å²) in [6.07, 6.45) is 2.76. The zero-order valence-corrected chi connectivity index (χ0v) is 20.3. The second-order valence-corrected chi connectivity index (χ2v) is 9.61. The molecule has 1 fully saturated rings. The van der Waals surface area contributed by atoms with Crippen LogP contribution >= 0.6 is 11.6 Å². The molecular weight excluding hydrogens is 502 g/mol. The lowest BCUT2D eigenvalue weighted by atomic mass is 9.77. The lowest BCUT2D eigenvalue weighted by Crippen LogP contribution is -2.24. The molecule has 192 valence electrons. The molecule has 0 amide bonds. The predicted molar refractivity (Wildman–Crippen MR) is 127 cm³/mol. The molecule has 3 aromatic carbocycles. The molecule has 0 unspecified atom stereocenters. The smallest absolute Gasteiger partial charge is 0.429 e. The first-order valence-corrected chi connectivity index (χ1v) is 12.3. The van der Waals surface area contributed by atoms with Gasteiger partial charge in [-0.2, -0.15) is 8.78 Å². The third kappa shape index (κ3) is 5.51. The van der Waals surface area contributed by atoms with Gasteiger partial charge in [0.15, 0.2) is 23.3 Å². The minimum atomic E-state index is -4.33. The van der Waals surface area contributed by atoms with E-state index in [-0.39, 0.29) is 17.7 Å². The SMILES string of the molecule is CCCC1CCC(c2ccc(-c3ccc(C(F)(F)Oc4cc(F)c(F)c(F)c4)c(F)c3Cl)cc2)CC1. The summed E-state index contributed by atoms with van der Waals surface area (Å²) in [4.78, 5) is 0. The van der Waals surface area contributed by atoms with Crippen LogP contribution in [0.3, 0.4) is 0 Å². The number of benzene rings is 3. The fourth-order valence-corrected chi connectivity index (χ4v) is 5.19. The van der Waals surface area contributed by atoms with Gasteiger partial charge in [-0.15, -0.1) is 0 Å². The Hall–Kier alpha value is -2.67. The number of ether oxygens (including phenoxy) is 1. The van der Waals surface area contributed by atoms with Gasteiger partial charge >= 0.3 is 6.11 Å². The van der Waals surface area contributed by atoms with E-state index in [9.17, 15) is 26.3 Å².